The Bertz CT molecular complexity index is 756. The lowest BCUT2D eigenvalue weighted by Crippen LogP contribution is -2.16. The van der Waals surface area contributed by atoms with Gasteiger partial charge >= 0.3 is 0 Å². The molecule has 0 aliphatic heterocycles. The van der Waals surface area contributed by atoms with E-state index in [0.717, 1.165) is 30.0 Å². The maximum Gasteiger partial charge on any atom is 0.124 e. The number of nitrogens with two attached hydrogens (primary N) is 1. The van der Waals surface area contributed by atoms with E-state index in [-0.39, 0.29) is 0 Å². The van der Waals surface area contributed by atoms with Crippen molar-refractivity contribution >= 4 is 11.0 Å². The average Bonchev–Trinajstić information content (AvgIpc) is 2.85. The van der Waals surface area contributed by atoms with Crippen LogP contribution in [0.15, 0.2) is 48.5 Å². The third kappa shape index (κ3) is 3.03. The molecule has 1 aromatic heterocycles. The van der Waals surface area contributed by atoms with Crippen molar-refractivity contribution in [1.82, 2.24) is 14.5 Å². The molecule has 4 nitrogen and oxygen atoms in total. The molecule has 0 amide bonds. The minimum atomic E-state index is 0.583. The van der Waals surface area contributed by atoms with Crippen molar-refractivity contribution in [3.8, 4) is 0 Å². The van der Waals surface area contributed by atoms with Gasteiger partial charge in [-0.3, -0.25) is 0 Å². The Balaban J connectivity index is 1.99. The van der Waals surface area contributed by atoms with Crippen molar-refractivity contribution in [1.29, 1.82) is 0 Å². The van der Waals surface area contributed by atoms with Crippen molar-refractivity contribution < 1.29 is 0 Å². The highest BCUT2D eigenvalue weighted by Gasteiger charge is 2.11. The first-order chi connectivity index (χ1) is 10.7. The molecular weight excluding hydrogens is 272 g/mol. The molecule has 1 heterocycles. The molecule has 0 unspecified atom stereocenters. The van der Waals surface area contributed by atoms with E-state index in [1.165, 1.54) is 11.1 Å². The molecule has 4 heteroatoms. The van der Waals surface area contributed by atoms with E-state index < -0.39 is 0 Å². The van der Waals surface area contributed by atoms with Gasteiger partial charge in [0.05, 0.1) is 17.6 Å². The molecule has 2 aromatic carbocycles. The number of benzene rings is 2. The van der Waals surface area contributed by atoms with E-state index in [4.69, 9.17) is 10.7 Å². The van der Waals surface area contributed by atoms with Gasteiger partial charge in [0.15, 0.2) is 0 Å². The summed E-state index contributed by atoms with van der Waals surface area (Å²) in [6.45, 7) is 2.24. The van der Waals surface area contributed by atoms with Gasteiger partial charge in [-0.15, -0.1) is 0 Å². The summed E-state index contributed by atoms with van der Waals surface area (Å²) in [6.07, 6.45) is 0. The molecule has 3 rings (SSSR count). The van der Waals surface area contributed by atoms with Crippen LogP contribution >= 0.6 is 0 Å². The van der Waals surface area contributed by atoms with Gasteiger partial charge in [0, 0.05) is 13.1 Å². The first-order valence-corrected chi connectivity index (χ1v) is 7.54. The number of hydrogen-bond acceptors (Lipinski definition) is 3. The maximum absolute atomic E-state index is 5.67. The summed E-state index contributed by atoms with van der Waals surface area (Å²) >= 11 is 0. The Morgan fingerprint density at radius 3 is 2.36 bits per heavy atom. The van der Waals surface area contributed by atoms with Crippen LogP contribution in [0.5, 0.6) is 0 Å². The number of rotatable bonds is 5. The maximum atomic E-state index is 5.67. The van der Waals surface area contributed by atoms with E-state index in [2.05, 4.69) is 66.0 Å². The first kappa shape index (κ1) is 14.8. The number of fused-ring (bicyclic) bond motifs is 1. The predicted octanol–water partition coefficient (Wildman–Crippen LogP) is 2.60. The predicted molar refractivity (Wildman–Crippen MR) is 90.6 cm³/mol. The van der Waals surface area contributed by atoms with Crippen LogP contribution in [0.25, 0.3) is 11.0 Å². The third-order valence-corrected chi connectivity index (χ3v) is 3.79. The number of imidazole rings is 1. The van der Waals surface area contributed by atoms with Crippen LogP contribution in [-0.4, -0.2) is 28.5 Å². The Morgan fingerprint density at radius 1 is 1.00 bits per heavy atom. The average molecular weight is 294 g/mol. The summed E-state index contributed by atoms with van der Waals surface area (Å²) in [5, 5.41) is 0. The van der Waals surface area contributed by atoms with Crippen LogP contribution in [0, 0.1) is 0 Å². The van der Waals surface area contributed by atoms with E-state index in [0.29, 0.717) is 6.54 Å². The van der Waals surface area contributed by atoms with Crippen LogP contribution in [0.4, 0.5) is 0 Å². The molecule has 0 atom stereocenters. The number of hydrogen-bond donors (Lipinski definition) is 1. The normalized spacial score (nSPS) is 11.5. The van der Waals surface area contributed by atoms with Crippen LogP contribution in [0.1, 0.15) is 17.0 Å². The number of aromatic nitrogens is 2. The molecule has 22 heavy (non-hydrogen) atoms. The van der Waals surface area contributed by atoms with Crippen molar-refractivity contribution in [2.45, 2.75) is 19.6 Å². The minimum absolute atomic E-state index is 0.583. The second-order valence-corrected chi connectivity index (χ2v) is 5.86. The Labute approximate surface area is 131 Å². The van der Waals surface area contributed by atoms with Crippen LogP contribution in [0.2, 0.25) is 0 Å². The van der Waals surface area contributed by atoms with Gasteiger partial charge in [-0.1, -0.05) is 36.4 Å². The summed E-state index contributed by atoms with van der Waals surface area (Å²) in [6, 6.07) is 16.8. The standard InChI is InChI=1S/C18H22N4/c1-21(2)13-18-20-16-5-3-4-6-17(16)22(18)12-15-9-7-14(11-19)8-10-15/h3-10H,11-13,19H2,1-2H3. The fraction of sp³-hybridized carbons (Fsp3) is 0.278. The first-order valence-electron chi connectivity index (χ1n) is 7.54. The highest BCUT2D eigenvalue weighted by atomic mass is 15.2. The topological polar surface area (TPSA) is 47.1 Å². The summed E-state index contributed by atoms with van der Waals surface area (Å²) in [5.41, 5.74) is 10.3. The Morgan fingerprint density at radius 2 is 1.68 bits per heavy atom. The Hall–Kier alpha value is -2.17. The molecule has 3 aromatic rings. The second kappa shape index (κ2) is 6.30. The van der Waals surface area contributed by atoms with Crippen molar-refractivity contribution in [2.24, 2.45) is 5.73 Å². The van der Waals surface area contributed by atoms with Crippen molar-refractivity contribution in [2.75, 3.05) is 14.1 Å². The Kier molecular flexibility index (Phi) is 4.22. The molecule has 0 fully saturated rings. The number of nitrogens with zero attached hydrogens (tertiary/aromatic N) is 3. The SMILES string of the molecule is CN(C)Cc1nc2ccccc2n1Cc1ccc(CN)cc1. The molecule has 0 saturated carbocycles. The molecular formula is C18H22N4. The van der Waals surface area contributed by atoms with Crippen LogP contribution in [0.3, 0.4) is 0 Å². The summed E-state index contributed by atoms with van der Waals surface area (Å²) in [4.78, 5) is 6.93. The van der Waals surface area contributed by atoms with Gasteiger partial charge in [0.2, 0.25) is 0 Å². The zero-order valence-electron chi connectivity index (χ0n) is 13.2. The van der Waals surface area contributed by atoms with E-state index in [1.54, 1.807) is 0 Å². The molecule has 0 radical (unpaired) electrons. The molecule has 114 valence electrons. The van der Waals surface area contributed by atoms with E-state index >= 15 is 0 Å². The van der Waals surface area contributed by atoms with Gasteiger partial charge in [-0.2, -0.15) is 0 Å². The fourth-order valence-corrected chi connectivity index (χ4v) is 2.67. The largest absolute Gasteiger partial charge is 0.326 e. The molecule has 0 bridgehead atoms. The van der Waals surface area contributed by atoms with Crippen molar-refractivity contribution in [3.05, 3.63) is 65.5 Å². The molecule has 0 aliphatic carbocycles. The lowest BCUT2D eigenvalue weighted by molar-refractivity contribution is 0.384. The zero-order valence-corrected chi connectivity index (χ0v) is 13.2. The smallest absolute Gasteiger partial charge is 0.124 e. The summed E-state index contributed by atoms with van der Waals surface area (Å²) in [5.74, 6) is 1.09. The van der Waals surface area contributed by atoms with Crippen molar-refractivity contribution in [3.63, 3.8) is 0 Å². The van der Waals surface area contributed by atoms with Gasteiger partial charge in [-0.05, 0) is 37.4 Å². The second-order valence-electron chi connectivity index (χ2n) is 5.86. The van der Waals surface area contributed by atoms with E-state index in [9.17, 15) is 0 Å². The highest BCUT2D eigenvalue weighted by molar-refractivity contribution is 5.76. The lowest BCUT2D eigenvalue weighted by atomic mass is 10.1. The third-order valence-electron chi connectivity index (χ3n) is 3.79. The molecule has 0 aliphatic rings. The quantitative estimate of drug-likeness (QED) is 0.787. The number of para-hydroxylation sites is 2. The minimum Gasteiger partial charge on any atom is -0.326 e. The lowest BCUT2D eigenvalue weighted by Gasteiger charge is -2.13. The van der Waals surface area contributed by atoms with Gasteiger partial charge in [-0.25, -0.2) is 4.98 Å². The van der Waals surface area contributed by atoms with Gasteiger partial charge in [0.25, 0.3) is 0 Å². The summed E-state index contributed by atoms with van der Waals surface area (Å²) < 4.78 is 2.30. The molecule has 2 N–H and O–H groups in total. The summed E-state index contributed by atoms with van der Waals surface area (Å²) in [7, 11) is 4.14. The monoisotopic (exact) mass is 294 g/mol. The van der Waals surface area contributed by atoms with Crippen LogP contribution < -0.4 is 5.73 Å². The van der Waals surface area contributed by atoms with Gasteiger partial charge < -0.3 is 15.2 Å². The van der Waals surface area contributed by atoms with Crippen LogP contribution in [-0.2, 0) is 19.6 Å². The molecule has 0 saturated heterocycles. The van der Waals surface area contributed by atoms with Gasteiger partial charge in [0.1, 0.15) is 5.82 Å². The van der Waals surface area contributed by atoms with E-state index in [1.807, 2.05) is 6.07 Å². The zero-order chi connectivity index (χ0) is 15.5. The highest BCUT2D eigenvalue weighted by Crippen LogP contribution is 2.19. The molecule has 0 spiro atoms. The fourth-order valence-electron chi connectivity index (χ4n) is 2.67.